The van der Waals surface area contributed by atoms with Crippen molar-refractivity contribution in [3.8, 4) is 0 Å². The van der Waals surface area contributed by atoms with Gasteiger partial charge in [-0.1, -0.05) is 0 Å². The predicted octanol–water partition coefficient (Wildman–Crippen LogP) is 3.12. The Hall–Kier alpha value is -1.03. The van der Waals surface area contributed by atoms with Crippen molar-refractivity contribution in [3.63, 3.8) is 0 Å². The topological polar surface area (TPSA) is 33.1 Å². The maximum atomic E-state index is 4.68. The number of nitrogens with one attached hydrogen (secondary N) is 1. The van der Waals surface area contributed by atoms with Crippen molar-refractivity contribution in [1.29, 1.82) is 0 Å². The first kappa shape index (κ1) is 13.9. The number of rotatable bonds is 4. The van der Waals surface area contributed by atoms with Crippen LogP contribution >= 0.6 is 0 Å². The first-order valence-electron chi connectivity index (χ1n) is 8.05. The molecule has 1 N–H and O–H groups in total. The van der Waals surface area contributed by atoms with E-state index < -0.39 is 0 Å². The van der Waals surface area contributed by atoms with Gasteiger partial charge in [0.05, 0.1) is 17.1 Å². The summed E-state index contributed by atoms with van der Waals surface area (Å²) in [5.41, 5.74) is 3.66. The van der Waals surface area contributed by atoms with E-state index in [9.17, 15) is 0 Å². The third-order valence-corrected chi connectivity index (χ3v) is 4.80. The molecule has 2 heterocycles. The summed E-state index contributed by atoms with van der Waals surface area (Å²) >= 11 is 0. The van der Waals surface area contributed by atoms with Crippen LogP contribution in [0.5, 0.6) is 0 Å². The van der Waals surface area contributed by atoms with E-state index in [1.165, 1.54) is 37.2 Å². The second-order valence-electron chi connectivity index (χ2n) is 6.94. The number of hydrogen-bond acceptors (Lipinski definition) is 3. The van der Waals surface area contributed by atoms with Crippen molar-refractivity contribution in [1.82, 2.24) is 14.7 Å². The number of anilines is 1. The molecule has 0 spiro atoms. The van der Waals surface area contributed by atoms with Crippen LogP contribution < -0.4 is 5.32 Å². The van der Waals surface area contributed by atoms with E-state index in [0.717, 1.165) is 17.8 Å². The van der Waals surface area contributed by atoms with Crippen molar-refractivity contribution in [3.05, 3.63) is 11.4 Å². The summed E-state index contributed by atoms with van der Waals surface area (Å²) in [6.07, 6.45) is 4.06. The lowest BCUT2D eigenvalue weighted by Crippen LogP contribution is -2.31. The number of likely N-dealkylation sites (tertiary alicyclic amines) is 1. The summed E-state index contributed by atoms with van der Waals surface area (Å²) < 4.78 is 2.13. The molecule has 2 atom stereocenters. The molecule has 0 radical (unpaired) electrons. The van der Waals surface area contributed by atoms with E-state index in [1.54, 1.807) is 0 Å². The zero-order valence-corrected chi connectivity index (χ0v) is 13.5. The predicted molar refractivity (Wildman–Crippen MR) is 83.3 cm³/mol. The highest BCUT2D eigenvalue weighted by molar-refractivity contribution is 5.53. The van der Waals surface area contributed by atoms with Crippen molar-refractivity contribution >= 4 is 5.69 Å². The SMILES string of the molecule is Cc1nn(C(C)C)c(C)c1NC1CC(C)N(C2CC2)C1. The van der Waals surface area contributed by atoms with Gasteiger partial charge in [0.15, 0.2) is 0 Å². The highest BCUT2D eigenvalue weighted by atomic mass is 15.3. The summed E-state index contributed by atoms with van der Waals surface area (Å²) in [7, 11) is 0. The van der Waals surface area contributed by atoms with Crippen LogP contribution in [0.25, 0.3) is 0 Å². The molecule has 1 aliphatic carbocycles. The lowest BCUT2D eigenvalue weighted by atomic mass is 10.1. The Kier molecular flexibility index (Phi) is 3.53. The number of nitrogens with zero attached hydrogens (tertiary/aromatic N) is 3. The molecule has 4 heteroatoms. The van der Waals surface area contributed by atoms with Crippen molar-refractivity contribution in [2.45, 2.75) is 78.0 Å². The summed E-state index contributed by atoms with van der Waals surface area (Å²) in [4.78, 5) is 2.69. The molecule has 2 unspecified atom stereocenters. The summed E-state index contributed by atoms with van der Waals surface area (Å²) in [6.45, 7) is 12.2. The van der Waals surface area contributed by atoms with Crippen LogP contribution in [0.2, 0.25) is 0 Å². The second-order valence-corrected chi connectivity index (χ2v) is 6.94. The largest absolute Gasteiger partial charge is 0.378 e. The zero-order chi connectivity index (χ0) is 14.4. The number of aromatic nitrogens is 2. The smallest absolute Gasteiger partial charge is 0.0828 e. The summed E-state index contributed by atoms with van der Waals surface area (Å²) in [6, 6.07) is 2.60. The molecule has 2 aliphatic rings. The van der Waals surface area contributed by atoms with Crippen molar-refractivity contribution in [2.24, 2.45) is 0 Å². The van der Waals surface area contributed by atoms with Gasteiger partial charge in [-0.15, -0.1) is 0 Å². The van der Waals surface area contributed by atoms with Gasteiger partial charge in [0.2, 0.25) is 0 Å². The molecule has 20 heavy (non-hydrogen) atoms. The molecule has 0 bridgehead atoms. The third kappa shape index (κ3) is 2.46. The number of hydrogen-bond donors (Lipinski definition) is 1. The Morgan fingerprint density at radius 2 is 1.95 bits per heavy atom. The molecule has 1 aliphatic heterocycles. The fourth-order valence-electron chi connectivity index (χ4n) is 3.65. The molecule has 1 aromatic heterocycles. The van der Waals surface area contributed by atoms with E-state index in [2.05, 4.69) is 54.6 Å². The van der Waals surface area contributed by atoms with Gasteiger partial charge in [-0.05, 0) is 53.9 Å². The molecule has 4 nitrogen and oxygen atoms in total. The molecular formula is C16H28N4. The van der Waals surface area contributed by atoms with E-state index in [1.807, 2.05) is 0 Å². The van der Waals surface area contributed by atoms with Gasteiger partial charge in [-0.25, -0.2) is 0 Å². The van der Waals surface area contributed by atoms with Crippen molar-refractivity contribution in [2.75, 3.05) is 11.9 Å². The van der Waals surface area contributed by atoms with Crippen molar-refractivity contribution < 1.29 is 0 Å². The quantitative estimate of drug-likeness (QED) is 0.917. The molecule has 1 saturated carbocycles. The fourth-order valence-corrected chi connectivity index (χ4v) is 3.65. The minimum Gasteiger partial charge on any atom is -0.378 e. The Bertz CT molecular complexity index is 487. The Morgan fingerprint density at radius 1 is 1.25 bits per heavy atom. The molecule has 0 amide bonds. The lowest BCUT2D eigenvalue weighted by molar-refractivity contribution is 0.257. The van der Waals surface area contributed by atoms with Gasteiger partial charge in [0.25, 0.3) is 0 Å². The summed E-state index contributed by atoms with van der Waals surface area (Å²) in [5, 5.41) is 8.45. The first-order chi connectivity index (χ1) is 9.47. The highest BCUT2D eigenvalue weighted by Gasteiger charge is 2.39. The van der Waals surface area contributed by atoms with Gasteiger partial charge in [0.1, 0.15) is 0 Å². The normalized spacial score (nSPS) is 27.5. The monoisotopic (exact) mass is 276 g/mol. The maximum absolute atomic E-state index is 4.68. The second kappa shape index (κ2) is 5.06. The van der Waals surface area contributed by atoms with Gasteiger partial charge in [0, 0.05) is 30.7 Å². The van der Waals surface area contributed by atoms with Gasteiger partial charge < -0.3 is 5.32 Å². The molecule has 3 rings (SSSR count). The van der Waals surface area contributed by atoms with E-state index in [-0.39, 0.29) is 0 Å². The van der Waals surface area contributed by atoms with Crippen LogP contribution in [0, 0.1) is 13.8 Å². The minimum atomic E-state index is 0.426. The lowest BCUT2D eigenvalue weighted by Gasteiger charge is -2.20. The molecule has 1 aromatic rings. The van der Waals surface area contributed by atoms with E-state index >= 15 is 0 Å². The standard InChI is InChI=1S/C16H28N4/c1-10(2)20-13(5)16(12(4)18-20)17-14-8-11(3)19(9-14)15-6-7-15/h10-11,14-15,17H,6-9H2,1-5H3. The van der Waals surface area contributed by atoms with Crippen LogP contribution in [-0.2, 0) is 0 Å². The Labute approximate surface area is 122 Å². The van der Waals surface area contributed by atoms with E-state index in [0.29, 0.717) is 12.1 Å². The van der Waals surface area contributed by atoms with Gasteiger partial charge in [-0.2, -0.15) is 5.10 Å². The van der Waals surface area contributed by atoms with Crippen LogP contribution in [0.15, 0.2) is 0 Å². The number of aryl methyl sites for hydroxylation is 1. The van der Waals surface area contributed by atoms with Crippen LogP contribution in [0.1, 0.15) is 57.5 Å². The third-order valence-electron chi connectivity index (χ3n) is 4.80. The van der Waals surface area contributed by atoms with E-state index in [4.69, 9.17) is 0 Å². The first-order valence-corrected chi connectivity index (χ1v) is 8.05. The molecular weight excluding hydrogens is 248 g/mol. The zero-order valence-electron chi connectivity index (χ0n) is 13.5. The fraction of sp³-hybridized carbons (Fsp3) is 0.812. The van der Waals surface area contributed by atoms with Crippen LogP contribution in [0.4, 0.5) is 5.69 Å². The van der Waals surface area contributed by atoms with Gasteiger partial charge >= 0.3 is 0 Å². The molecule has 112 valence electrons. The Balaban J connectivity index is 1.72. The average Bonchev–Trinajstić information content (AvgIpc) is 3.10. The average molecular weight is 276 g/mol. The molecule has 1 saturated heterocycles. The van der Waals surface area contributed by atoms with Crippen LogP contribution in [-0.4, -0.2) is 39.4 Å². The molecule has 2 fully saturated rings. The summed E-state index contributed by atoms with van der Waals surface area (Å²) in [5.74, 6) is 0. The van der Waals surface area contributed by atoms with Crippen LogP contribution in [0.3, 0.4) is 0 Å². The van der Waals surface area contributed by atoms with Gasteiger partial charge in [-0.3, -0.25) is 9.58 Å². The molecule has 0 aromatic carbocycles. The minimum absolute atomic E-state index is 0.426. The Morgan fingerprint density at radius 3 is 2.50 bits per heavy atom. The highest BCUT2D eigenvalue weighted by Crippen LogP contribution is 2.34. The maximum Gasteiger partial charge on any atom is 0.0828 e.